The van der Waals surface area contributed by atoms with Gasteiger partial charge in [-0.2, -0.15) is 0 Å². The average Bonchev–Trinajstić information content (AvgIpc) is 2.43. The Labute approximate surface area is 135 Å². The molecule has 0 aromatic heterocycles. The summed E-state index contributed by atoms with van der Waals surface area (Å²) in [5.41, 5.74) is 0.399. The molecule has 0 saturated carbocycles. The molecule has 0 aliphatic heterocycles. The van der Waals surface area contributed by atoms with Crippen LogP contribution in [-0.2, 0) is 4.74 Å². The molecule has 0 saturated heterocycles. The van der Waals surface area contributed by atoms with Crippen molar-refractivity contribution in [2.75, 3.05) is 6.61 Å². The number of rotatable bonds is 4. The van der Waals surface area contributed by atoms with E-state index in [9.17, 15) is 4.79 Å². The van der Waals surface area contributed by atoms with E-state index in [1.807, 2.05) is 30.3 Å². The summed E-state index contributed by atoms with van der Waals surface area (Å²) in [6.07, 6.45) is 0. The number of carbonyl (C=O) groups is 1. The minimum absolute atomic E-state index is 0.333. The summed E-state index contributed by atoms with van der Waals surface area (Å²) in [6.45, 7) is 2.10. The van der Waals surface area contributed by atoms with Gasteiger partial charge >= 0.3 is 5.97 Å². The van der Waals surface area contributed by atoms with Gasteiger partial charge in [-0.1, -0.05) is 39.3 Å². The Balaban J connectivity index is 2.22. The smallest absolute Gasteiger partial charge is 0.339 e. The molecule has 0 heterocycles. The molecule has 0 aliphatic rings. The number of ether oxygens (including phenoxy) is 1. The van der Waals surface area contributed by atoms with Gasteiger partial charge in [-0.15, -0.1) is 0 Å². The van der Waals surface area contributed by atoms with Crippen molar-refractivity contribution in [1.82, 2.24) is 0 Å². The lowest BCUT2D eigenvalue weighted by atomic mass is 10.2. The van der Waals surface area contributed by atoms with Crippen LogP contribution in [0.15, 0.2) is 56.7 Å². The summed E-state index contributed by atoms with van der Waals surface area (Å²) in [4.78, 5) is 13.8. The third kappa shape index (κ3) is 4.01. The van der Waals surface area contributed by atoms with Gasteiger partial charge in [0.2, 0.25) is 0 Å². The highest BCUT2D eigenvalue weighted by atomic mass is 79.9. The molecule has 0 fully saturated rings. The van der Waals surface area contributed by atoms with Crippen LogP contribution < -0.4 is 0 Å². The second kappa shape index (κ2) is 7.16. The van der Waals surface area contributed by atoms with E-state index in [0.717, 1.165) is 14.3 Å². The van der Waals surface area contributed by atoms with E-state index in [2.05, 4.69) is 15.9 Å². The molecule has 20 heavy (non-hydrogen) atoms. The summed E-state index contributed by atoms with van der Waals surface area (Å²) in [6, 6.07) is 13.3. The Kier molecular flexibility index (Phi) is 5.52. The number of benzene rings is 2. The fourth-order valence-electron chi connectivity index (χ4n) is 1.57. The summed E-state index contributed by atoms with van der Waals surface area (Å²) in [5.74, 6) is -0.393. The molecule has 0 amide bonds. The van der Waals surface area contributed by atoms with Crippen LogP contribution in [0.5, 0.6) is 0 Å². The fraction of sp³-hybridized carbons (Fsp3) is 0.133. The van der Waals surface area contributed by atoms with Crippen molar-refractivity contribution >= 4 is 45.3 Å². The fourth-order valence-corrected chi connectivity index (χ4v) is 2.89. The summed E-state index contributed by atoms with van der Waals surface area (Å²) < 4.78 is 6.02. The van der Waals surface area contributed by atoms with Crippen molar-refractivity contribution in [3.63, 3.8) is 0 Å². The summed E-state index contributed by atoms with van der Waals surface area (Å²) in [7, 11) is 0. The first-order chi connectivity index (χ1) is 9.60. The topological polar surface area (TPSA) is 26.3 Å². The molecule has 104 valence electrons. The minimum atomic E-state index is -0.393. The third-order valence-electron chi connectivity index (χ3n) is 2.48. The number of esters is 1. The molecule has 2 aromatic carbocycles. The van der Waals surface area contributed by atoms with Crippen LogP contribution in [0.4, 0.5) is 0 Å². The summed E-state index contributed by atoms with van der Waals surface area (Å²) in [5, 5.41) is 0.406. The van der Waals surface area contributed by atoms with E-state index in [-0.39, 0.29) is 0 Å². The highest BCUT2D eigenvalue weighted by Gasteiger charge is 2.12. The zero-order valence-electron chi connectivity index (χ0n) is 10.7. The molecule has 5 heteroatoms. The zero-order valence-corrected chi connectivity index (χ0v) is 13.9. The average molecular weight is 372 g/mol. The molecule has 0 radical (unpaired) electrons. The van der Waals surface area contributed by atoms with Crippen LogP contribution in [0, 0.1) is 0 Å². The molecule has 0 spiro atoms. The van der Waals surface area contributed by atoms with Crippen molar-refractivity contribution in [3.8, 4) is 0 Å². The van der Waals surface area contributed by atoms with E-state index >= 15 is 0 Å². The lowest BCUT2D eigenvalue weighted by Crippen LogP contribution is -2.05. The maximum absolute atomic E-state index is 11.8. The lowest BCUT2D eigenvalue weighted by Gasteiger charge is -2.07. The highest BCUT2D eigenvalue weighted by Crippen LogP contribution is 2.31. The Morgan fingerprint density at radius 1 is 1.20 bits per heavy atom. The SMILES string of the molecule is CCOC(=O)c1cc(Sc2ccc(Br)cc2)ccc1Cl. The third-order valence-corrected chi connectivity index (χ3v) is 4.34. The van der Waals surface area contributed by atoms with Gasteiger partial charge in [0, 0.05) is 14.3 Å². The van der Waals surface area contributed by atoms with Crippen LogP contribution in [0.25, 0.3) is 0 Å². The second-order valence-electron chi connectivity index (χ2n) is 3.92. The standard InChI is InChI=1S/C15H12BrClO2S/c1-2-19-15(18)13-9-12(7-8-14(13)17)20-11-5-3-10(16)4-6-11/h3-9H,2H2,1H3. The van der Waals surface area contributed by atoms with Crippen molar-refractivity contribution in [3.05, 3.63) is 57.5 Å². The van der Waals surface area contributed by atoms with Gasteiger partial charge in [0.1, 0.15) is 0 Å². The molecule has 0 unspecified atom stereocenters. The monoisotopic (exact) mass is 370 g/mol. The van der Waals surface area contributed by atoms with Crippen molar-refractivity contribution < 1.29 is 9.53 Å². The van der Waals surface area contributed by atoms with Crippen LogP contribution in [-0.4, -0.2) is 12.6 Å². The number of halogens is 2. The van der Waals surface area contributed by atoms with Gasteiger partial charge in [0.05, 0.1) is 17.2 Å². The van der Waals surface area contributed by atoms with Crippen molar-refractivity contribution in [2.45, 2.75) is 16.7 Å². The first-order valence-corrected chi connectivity index (χ1v) is 7.99. The lowest BCUT2D eigenvalue weighted by molar-refractivity contribution is 0.0526. The molecular weight excluding hydrogens is 360 g/mol. The molecular formula is C15H12BrClO2S. The molecule has 2 aromatic rings. The Bertz CT molecular complexity index is 614. The number of hydrogen-bond donors (Lipinski definition) is 0. The largest absolute Gasteiger partial charge is 0.462 e. The Morgan fingerprint density at radius 2 is 1.85 bits per heavy atom. The van der Waals surface area contributed by atoms with Gasteiger partial charge in [0.15, 0.2) is 0 Å². The number of hydrogen-bond acceptors (Lipinski definition) is 3. The van der Waals surface area contributed by atoms with Crippen LogP contribution >= 0.6 is 39.3 Å². The van der Waals surface area contributed by atoms with Crippen LogP contribution in [0.3, 0.4) is 0 Å². The zero-order chi connectivity index (χ0) is 14.5. The Morgan fingerprint density at radius 3 is 2.50 bits per heavy atom. The van der Waals surface area contributed by atoms with Gasteiger partial charge < -0.3 is 4.74 Å². The van der Waals surface area contributed by atoms with Gasteiger partial charge in [-0.25, -0.2) is 4.79 Å². The van der Waals surface area contributed by atoms with Gasteiger partial charge in [-0.3, -0.25) is 0 Å². The molecule has 0 bridgehead atoms. The van der Waals surface area contributed by atoms with Crippen molar-refractivity contribution in [1.29, 1.82) is 0 Å². The first kappa shape index (κ1) is 15.4. The predicted octanol–water partition coefficient (Wildman–Crippen LogP) is 5.43. The molecule has 0 atom stereocenters. The van der Waals surface area contributed by atoms with E-state index < -0.39 is 5.97 Å². The Hall–Kier alpha value is -0.970. The number of carbonyl (C=O) groups excluding carboxylic acids is 1. The summed E-state index contributed by atoms with van der Waals surface area (Å²) >= 11 is 11.0. The van der Waals surface area contributed by atoms with Gasteiger partial charge in [0.25, 0.3) is 0 Å². The van der Waals surface area contributed by atoms with E-state index in [0.29, 0.717) is 17.2 Å². The predicted molar refractivity (Wildman–Crippen MR) is 85.7 cm³/mol. The maximum Gasteiger partial charge on any atom is 0.339 e. The van der Waals surface area contributed by atoms with Crippen molar-refractivity contribution in [2.24, 2.45) is 0 Å². The quantitative estimate of drug-likeness (QED) is 0.670. The second-order valence-corrected chi connectivity index (χ2v) is 6.39. The normalized spacial score (nSPS) is 10.3. The van der Waals surface area contributed by atoms with Gasteiger partial charge in [-0.05, 0) is 49.4 Å². The molecule has 2 rings (SSSR count). The van der Waals surface area contributed by atoms with Crippen LogP contribution in [0.1, 0.15) is 17.3 Å². The maximum atomic E-state index is 11.8. The molecule has 2 nitrogen and oxygen atoms in total. The highest BCUT2D eigenvalue weighted by molar-refractivity contribution is 9.10. The van der Waals surface area contributed by atoms with E-state index in [1.165, 1.54) is 0 Å². The minimum Gasteiger partial charge on any atom is -0.462 e. The van der Waals surface area contributed by atoms with Crippen LogP contribution in [0.2, 0.25) is 5.02 Å². The van der Waals surface area contributed by atoms with E-state index in [1.54, 1.807) is 30.8 Å². The van der Waals surface area contributed by atoms with E-state index in [4.69, 9.17) is 16.3 Å². The molecule has 0 N–H and O–H groups in total. The molecule has 0 aliphatic carbocycles. The first-order valence-electron chi connectivity index (χ1n) is 6.00.